The third-order valence-electron chi connectivity index (χ3n) is 4.04. The number of amides is 4. The van der Waals surface area contributed by atoms with Gasteiger partial charge >= 0.3 is 6.03 Å². The number of urea groups is 1. The van der Waals surface area contributed by atoms with Crippen molar-refractivity contribution < 1.29 is 24.0 Å². The smallest absolute Gasteiger partial charge is 0.321 e. The quantitative estimate of drug-likeness (QED) is 0.478. The van der Waals surface area contributed by atoms with E-state index in [0.29, 0.717) is 17.1 Å². The third kappa shape index (κ3) is 7.24. The summed E-state index contributed by atoms with van der Waals surface area (Å²) < 4.78 is 5.34. The summed E-state index contributed by atoms with van der Waals surface area (Å²) >= 11 is 0. The summed E-state index contributed by atoms with van der Waals surface area (Å²) in [6, 6.07) is 7.13. The molecule has 0 aliphatic carbocycles. The van der Waals surface area contributed by atoms with Gasteiger partial charge in [-0.1, -0.05) is 0 Å². The number of benzene rings is 1. The summed E-state index contributed by atoms with van der Waals surface area (Å²) in [6.45, 7) is 5.52. The van der Waals surface area contributed by atoms with Gasteiger partial charge in [0.15, 0.2) is 13.1 Å². The number of carbonyl (C=O) groups excluding carboxylic acids is 3. The van der Waals surface area contributed by atoms with Crippen molar-refractivity contribution in [3.63, 3.8) is 0 Å². The molecule has 1 heterocycles. The second-order valence-electron chi connectivity index (χ2n) is 6.41. The Balaban J connectivity index is 1.75. The summed E-state index contributed by atoms with van der Waals surface area (Å²) in [6.07, 6.45) is 0. The van der Waals surface area contributed by atoms with Gasteiger partial charge in [-0.3, -0.25) is 14.9 Å². The van der Waals surface area contributed by atoms with Gasteiger partial charge in [0.25, 0.3) is 11.8 Å². The van der Waals surface area contributed by atoms with E-state index in [2.05, 4.69) is 20.9 Å². The first kappa shape index (κ1) is 20.7. The molecule has 0 bridgehead atoms. The number of nitrogens with zero attached hydrogens (tertiary/aromatic N) is 1. The highest BCUT2D eigenvalue weighted by Crippen LogP contribution is 2.18. The van der Waals surface area contributed by atoms with Crippen LogP contribution in [0.1, 0.15) is 6.92 Å². The monoisotopic (exact) mass is 378 g/mol. The van der Waals surface area contributed by atoms with E-state index in [4.69, 9.17) is 4.74 Å². The molecular weight excluding hydrogens is 350 g/mol. The Labute approximate surface area is 159 Å². The van der Waals surface area contributed by atoms with Gasteiger partial charge in [-0.2, -0.15) is 0 Å². The van der Waals surface area contributed by atoms with Crippen molar-refractivity contribution in [2.24, 2.45) is 0 Å². The summed E-state index contributed by atoms with van der Waals surface area (Å²) in [5.41, 5.74) is 1.80. The van der Waals surface area contributed by atoms with Crippen molar-refractivity contribution in [2.45, 2.75) is 6.92 Å². The Morgan fingerprint density at radius 1 is 1.07 bits per heavy atom. The molecule has 1 unspecified atom stereocenters. The minimum atomic E-state index is -0.528. The molecule has 4 N–H and O–H groups in total. The molecule has 1 aliphatic rings. The Morgan fingerprint density at radius 3 is 2.33 bits per heavy atom. The third-order valence-corrected chi connectivity index (χ3v) is 4.04. The SMILES string of the molecule is CCNC(=O)NC(=O)C[NH+](C)CC(=O)Nc1ccc(N2CCOCC2)cc1. The fourth-order valence-electron chi connectivity index (χ4n) is 2.77. The number of carbonyl (C=O) groups is 3. The van der Waals surface area contributed by atoms with Crippen LogP contribution in [0.4, 0.5) is 16.2 Å². The molecule has 148 valence electrons. The summed E-state index contributed by atoms with van der Waals surface area (Å²) in [5, 5.41) is 7.52. The molecule has 0 aromatic heterocycles. The molecular formula is C18H28N5O4+. The normalized spacial score (nSPS) is 15.0. The molecule has 4 amide bonds. The van der Waals surface area contributed by atoms with E-state index in [9.17, 15) is 14.4 Å². The molecule has 1 aliphatic heterocycles. The second-order valence-corrected chi connectivity index (χ2v) is 6.41. The van der Waals surface area contributed by atoms with Gasteiger partial charge in [-0.25, -0.2) is 4.79 Å². The van der Waals surface area contributed by atoms with Crippen molar-refractivity contribution in [2.75, 3.05) is 63.2 Å². The standard InChI is InChI=1S/C18H27N5O4/c1-3-19-18(26)21-17(25)13-22(2)12-16(24)20-14-4-6-15(7-5-14)23-8-10-27-11-9-23/h4-7H,3,8-13H2,1-2H3,(H,20,24)(H2,19,21,25,26)/p+1. The van der Waals surface area contributed by atoms with E-state index in [1.54, 1.807) is 14.0 Å². The average Bonchev–Trinajstić information content (AvgIpc) is 2.62. The van der Waals surface area contributed by atoms with E-state index in [0.717, 1.165) is 32.0 Å². The molecule has 9 heteroatoms. The molecule has 1 aromatic carbocycles. The number of morpholine rings is 1. The summed E-state index contributed by atoms with van der Waals surface area (Å²) in [4.78, 5) is 38.1. The lowest BCUT2D eigenvalue weighted by Crippen LogP contribution is -3.11. The van der Waals surface area contributed by atoms with Gasteiger partial charge in [0.05, 0.1) is 20.3 Å². The van der Waals surface area contributed by atoms with Crippen LogP contribution in [0.5, 0.6) is 0 Å². The minimum Gasteiger partial charge on any atom is -0.378 e. The largest absolute Gasteiger partial charge is 0.378 e. The van der Waals surface area contributed by atoms with Crippen molar-refractivity contribution >= 4 is 29.2 Å². The maximum Gasteiger partial charge on any atom is 0.321 e. The zero-order chi connectivity index (χ0) is 19.6. The number of rotatable bonds is 7. The first-order chi connectivity index (χ1) is 13.0. The lowest BCUT2D eigenvalue weighted by Gasteiger charge is -2.28. The molecule has 2 rings (SSSR count). The average molecular weight is 378 g/mol. The fourth-order valence-corrected chi connectivity index (χ4v) is 2.77. The van der Waals surface area contributed by atoms with Gasteiger partial charge in [0, 0.05) is 31.0 Å². The molecule has 0 spiro atoms. The van der Waals surface area contributed by atoms with Gasteiger partial charge < -0.3 is 25.2 Å². The van der Waals surface area contributed by atoms with Crippen LogP contribution in [0.15, 0.2) is 24.3 Å². The van der Waals surface area contributed by atoms with Gasteiger partial charge in [0.2, 0.25) is 0 Å². The van der Waals surface area contributed by atoms with Crippen LogP contribution in [-0.4, -0.2) is 70.8 Å². The van der Waals surface area contributed by atoms with Crippen LogP contribution in [0, 0.1) is 0 Å². The Morgan fingerprint density at radius 2 is 1.70 bits per heavy atom. The predicted octanol–water partition coefficient (Wildman–Crippen LogP) is -1.18. The predicted molar refractivity (Wildman–Crippen MR) is 102 cm³/mol. The molecule has 1 aromatic rings. The second kappa shape index (κ2) is 10.5. The highest BCUT2D eigenvalue weighted by atomic mass is 16.5. The molecule has 0 radical (unpaired) electrons. The van der Waals surface area contributed by atoms with Crippen molar-refractivity contribution in [3.8, 4) is 0 Å². The molecule has 1 atom stereocenters. The first-order valence-corrected chi connectivity index (χ1v) is 9.09. The van der Waals surface area contributed by atoms with Crippen molar-refractivity contribution in [1.29, 1.82) is 0 Å². The van der Waals surface area contributed by atoms with Crippen LogP contribution >= 0.6 is 0 Å². The van der Waals surface area contributed by atoms with Crippen LogP contribution in [0.3, 0.4) is 0 Å². The Kier molecular flexibility index (Phi) is 8.02. The topological polar surface area (TPSA) is 104 Å². The number of quaternary nitrogens is 1. The lowest BCUT2D eigenvalue weighted by atomic mass is 10.2. The summed E-state index contributed by atoms with van der Waals surface area (Å²) in [5.74, 6) is -0.626. The van der Waals surface area contributed by atoms with E-state index in [1.807, 2.05) is 24.3 Å². The first-order valence-electron chi connectivity index (χ1n) is 9.09. The van der Waals surface area contributed by atoms with E-state index < -0.39 is 11.9 Å². The Hall–Kier alpha value is -2.65. The number of nitrogens with one attached hydrogen (secondary N) is 4. The molecule has 27 heavy (non-hydrogen) atoms. The molecule has 1 fully saturated rings. The maximum atomic E-state index is 12.1. The molecule has 0 saturated carbocycles. The number of ether oxygens (including phenoxy) is 1. The van der Waals surface area contributed by atoms with E-state index >= 15 is 0 Å². The van der Waals surface area contributed by atoms with Crippen molar-refractivity contribution in [3.05, 3.63) is 24.3 Å². The van der Waals surface area contributed by atoms with Crippen LogP contribution in [0.2, 0.25) is 0 Å². The lowest BCUT2D eigenvalue weighted by molar-refractivity contribution is -0.862. The van der Waals surface area contributed by atoms with Gasteiger partial charge in [-0.15, -0.1) is 0 Å². The van der Waals surface area contributed by atoms with Crippen LogP contribution in [-0.2, 0) is 14.3 Å². The van der Waals surface area contributed by atoms with Gasteiger partial charge in [-0.05, 0) is 31.2 Å². The Bertz CT molecular complexity index is 644. The van der Waals surface area contributed by atoms with E-state index in [1.165, 1.54) is 0 Å². The number of likely N-dealkylation sites (N-methyl/N-ethyl adjacent to an activating group) is 1. The highest BCUT2D eigenvalue weighted by molar-refractivity contribution is 5.95. The molecule has 9 nitrogen and oxygen atoms in total. The minimum absolute atomic E-state index is 0.0283. The number of anilines is 2. The van der Waals surface area contributed by atoms with Gasteiger partial charge in [0.1, 0.15) is 0 Å². The molecule has 1 saturated heterocycles. The van der Waals surface area contributed by atoms with Crippen LogP contribution < -0.4 is 25.8 Å². The zero-order valence-electron chi connectivity index (χ0n) is 15.8. The number of hydrogen-bond acceptors (Lipinski definition) is 5. The van der Waals surface area contributed by atoms with Crippen molar-refractivity contribution in [1.82, 2.24) is 10.6 Å². The number of imide groups is 1. The van der Waals surface area contributed by atoms with E-state index in [-0.39, 0.29) is 19.0 Å². The zero-order valence-corrected chi connectivity index (χ0v) is 15.8. The maximum absolute atomic E-state index is 12.1. The summed E-state index contributed by atoms with van der Waals surface area (Å²) in [7, 11) is 1.72. The number of hydrogen-bond donors (Lipinski definition) is 4. The fraction of sp³-hybridized carbons (Fsp3) is 0.500. The highest BCUT2D eigenvalue weighted by Gasteiger charge is 2.16. The van der Waals surface area contributed by atoms with Crippen LogP contribution in [0.25, 0.3) is 0 Å².